The Morgan fingerprint density at radius 3 is 2.45 bits per heavy atom. The molecule has 0 aromatic heterocycles. The first kappa shape index (κ1) is 9.49. The molecule has 0 bridgehead atoms. The van der Waals surface area contributed by atoms with Crippen LogP contribution < -0.4 is 0 Å². The van der Waals surface area contributed by atoms with Gasteiger partial charge in [-0.2, -0.15) is 0 Å². The van der Waals surface area contributed by atoms with Gasteiger partial charge >= 0.3 is 0 Å². The Kier molecular flexibility index (Phi) is 5.15. The van der Waals surface area contributed by atoms with Crippen LogP contribution in [0.2, 0.25) is 0 Å². The van der Waals surface area contributed by atoms with Gasteiger partial charge in [-0.3, -0.25) is 0 Å². The monoisotopic (exact) mass is 189 g/mol. The zero-order valence-electron chi connectivity index (χ0n) is 6.79. The molecule has 0 aliphatic carbocycles. The zero-order chi connectivity index (χ0) is 7.94. The molecule has 0 N–H and O–H groups in total. The molecule has 1 aliphatic rings. The lowest BCUT2D eigenvalue weighted by atomic mass is 10.4. The summed E-state index contributed by atoms with van der Waals surface area (Å²) in [5.41, 5.74) is 0. The second-order valence-electron chi connectivity index (χ2n) is 2.56. The first-order valence-corrected chi connectivity index (χ1v) is 6.50. The molecule has 1 rings (SSSR count). The van der Waals surface area contributed by atoms with Gasteiger partial charge in [-0.05, 0) is 6.42 Å². The van der Waals surface area contributed by atoms with E-state index in [0.29, 0.717) is 0 Å². The van der Waals surface area contributed by atoms with Crippen molar-refractivity contribution in [1.82, 2.24) is 4.90 Å². The van der Waals surface area contributed by atoms with Crippen LogP contribution in [-0.2, 0) is 0 Å². The fourth-order valence-electron chi connectivity index (χ4n) is 1.06. The molecule has 0 amide bonds. The minimum absolute atomic E-state index is 1.13. The summed E-state index contributed by atoms with van der Waals surface area (Å²) in [7, 11) is 4.00. The molecule has 0 atom stereocenters. The molecule has 0 aromatic carbocycles. The quantitative estimate of drug-likeness (QED) is 0.495. The number of rotatable bonds is 3. The molecule has 1 heterocycles. The Hall–Kier alpha value is 0.400. The van der Waals surface area contributed by atoms with Crippen LogP contribution in [0.3, 0.4) is 0 Å². The predicted molar refractivity (Wildman–Crippen MR) is 56.2 cm³/mol. The highest BCUT2D eigenvalue weighted by atomic mass is 33.1. The van der Waals surface area contributed by atoms with Crippen molar-refractivity contribution in [2.45, 2.75) is 6.42 Å². The van der Waals surface area contributed by atoms with Crippen LogP contribution in [0.1, 0.15) is 6.42 Å². The van der Waals surface area contributed by atoms with E-state index in [0.717, 1.165) is 6.42 Å². The highest BCUT2D eigenvalue weighted by Gasteiger charge is 2.07. The van der Waals surface area contributed by atoms with Crippen molar-refractivity contribution in [2.24, 2.45) is 0 Å². The summed E-state index contributed by atoms with van der Waals surface area (Å²) in [6.07, 6.45) is 3.14. The molecule has 0 radical (unpaired) electrons. The summed E-state index contributed by atoms with van der Waals surface area (Å²) in [6, 6.07) is 0. The molecule has 1 fully saturated rings. The predicted octanol–water partition coefficient (Wildman–Crippen LogP) is 2.26. The largest absolute Gasteiger partial charge is 0.301 e. The van der Waals surface area contributed by atoms with Crippen LogP contribution in [0.15, 0.2) is 12.7 Å². The Balaban J connectivity index is 2.14. The van der Waals surface area contributed by atoms with Gasteiger partial charge in [-0.25, -0.2) is 0 Å². The highest BCUT2D eigenvalue weighted by molar-refractivity contribution is 8.76. The van der Waals surface area contributed by atoms with Crippen molar-refractivity contribution < 1.29 is 0 Å². The Labute approximate surface area is 77.0 Å². The van der Waals surface area contributed by atoms with Crippen LogP contribution in [-0.4, -0.2) is 36.0 Å². The van der Waals surface area contributed by atoms with Crippen molar-refractivity contribution in [1.29, 1.82) is 0 Å². The summed E-state index contributed by atoms with van der Waals surface area (Å²) in [6.45, 7) is 7.44. The fourth-order valence-corrected chi connectivity index (χ4v) is 3.12. The van der Waals surface area contributed by atoms with Gasteiger partial charge in [0.25, 0.3) is 0 Å². The Morgan fingerprint density at radius 2 is 1.91 bits per heavy atom. The molecule has 3 heteroatoms. The van der Waals surface area contributed by atoms with Crippen LogP contribution >= 0.6 is 21.6 Å². The van der Waals surface area contributed by atoms with Crippen molar-refractivity contribution in [2.75, 3.05) is 31.1 Å². The van der Waals surface area contributed by atoms with E-state index in [4.69, 9.17) is 0 Å². The molecule has 0 spiro atoms. The molecule has 0 saturated carbocycles. The van der Waals surface area contributed by atoms with Gasteiger partial charge in [0, 0.05) is 31.1 Å². The SMILES string of the molecule is C=CCCN1CCSSCC1. The first-order chi connectivity index (χ1) is 5.43. The molecule has 0 aromatic rings. The smallest absolute Gasteiger partial charge is 0.0165 e. The van der Waals surface area contributed by atoms with Crippen molar-refractivity contribution in [3.8, 4) is 0 Å². The molecule has 1 nitrogen and oxygen atoms in total. The van der Waals surface area contributed by atoms with E-state index in [1.54, 1.807) is 0 Å². The van der Waals surface area contributed by atoms with E-state index in [2.05, 4.69) is 11.5 Å². The molecule has 0 unspecified atom stereocenters. The van der Waals surface area contributed by atoms with E-state index >= 15 is 0 Å². The van der Waals surface area contributed by atoms with Crippen LogP contribution in [0.5, 0.6) is 0 Å². The lowest BCUT2D eigenvalue weighted by molar-refractivity contribution is 0.316. The molecule has 11 heavy (non-hydrogen) atoms. The summed E-state index contributed by atoms with van der Waals surface area (Å²) in [5, 5.41) is 0. The lowest BCUT2D eigenvalue weighted by Crippen LogP contribution is -2.27. The van der Waals surface area contributed by atoms with E-state index in [1.807, 2.05) is 27.7 Å². The topological polar surface area (TPSA) is 3.24 Å². The van der Waals surface area contributed by atoms with E-state index < -0.39 is 0 Å². The second kappa shape index (κ2) is 5.98. The third kappa shape index (κ3) is 4.09. The second-order valence-corrected chi connectivity index (χ2v) is 5.27. The molecule has 1 aliphatic heterocycles. The van der Waals surface area contributed by atoms with Gasteiger partial charge in [0.05, 0.1) is 0 Å². The molecule has 1 saturated heterocycles. The normalized spacial score (nSPS) is 21.1. The zero-order valence-corrected chi connectivity index (χ0v) is 8.42. The van der Waals surface area contributed by atoms with Crippen molar-refractivity contribution in [3.63, 3.8) is 0 Å². The van der Waals surface area contributed by atoms with Gasteiger partial charge in [0.15, 0.2) is 0 Å². The minimum Gasteiger partial charge on any atom is -0.301 e. The number of hydrogen-bond acceptors (Lipinski definition) is 3. The maximum atomic E-state index is 3.73. The fraction of sp³-hybridized carbons (Fsp3) is 0.750. The highest BCUT2D eigenvalue weighted by Crippen LogP contribution is 2.23. The van der Waals surface area contributed by atoms with Gasteiger partial charge in [-0.1, -0.05) is 27.7 Å². The van der Waals surface area contributed by atoms with Crippen LogP contribution in [0.4, 0.5) is 0 Å². The van der Waals surface area contributed by atoms with E-state index in [-0.39, 0.29) is 0 Å². The molecule has 64 valence electrons. The summed E-state index contributed by atoms with van der Waals surface area (Å²) < 4.78 is 0. The van der Waals surface area contributed by atoms with Gasteiger partial charge in [0.1, 0.15) is 0 Å². The first-order valence-electron chi connectivity index (χ1n) is 4.01. The average molecular weight is 189 g/mol. The molecular formula is C8H15NS2. The van der Waals surface area contributed by atoms with E-state index in [1.165, 1.54) is 31.1 Å². The minimum atomic E-state index is 1.13. The van der Waals surface area contributed by atoms with Gasteiger partial charge in [0.2, 0.25) is 0 Å². The standard InChI is InChI=1S/C8H15NS2/c1-2-3-4-9-5-7-10-11-8-6-9/h2H,1,3-8H2. The average Bonchev–Trinajstić information content (AvgIpc) is 2.28. The summed E-state index contributed by atoms with van der Waals surface area (Å²) in [5.74, 6) is 2.56. The maximum absolute atomic E-state index is 3.73. The van der Waals surface area contributed by atoms with Crippen molar-refractivity contribution >= 4 is 21.6 Å². The van der Waals surface area contributed by atoms with Crippen LogP contribution in [0, 0.1) is 0 Å². The Morgan fingerprint density at radius 1 is 1.27 bits per heavy atom. The van der Waals surface area contributed by atoms with Gasteiger partial charge in [-0.15, -0.1) is 6.58 Å². The summed E-state index contributed by atoms with van der Waals surface area (Å²) >= 11 is 0. The maximum Gasteiger partial charge on any atom is 0.0165 e. The third-order valence-electron chi connectivity index (χ3n) is 1.71. The molecular weight excluding hydrogens is 174 g/mol. The van der Waals surface area contributed by atoms with Crippen molar-refractivity contribution in [3.05, 3.63) is 12.7 Å². The summed E-state index contributed by atoms with van der Waals surface area (Å²) in [4.78, 5) is 2.52. The number of nitrogens with zero attached hydrogens (tertiary/aromatic N) is 1. The number of hydrogen-bond donors (Lipinski definition) is 0. The lowest BCUT2D eigenvalue weighted by Gasteiger charge is -2.17. The Bertz CT molecular complexity index is 109. The van der Waals surface area contributed by atoms with Crippen LogP contribution in [0.25, 0.3) is 0 Å². The van der Waals surface area contributed by atoms with E-state index in [9.17, 15) is 0 Å². The third-order valence-corrected chi connectivity index (χ3v) is 4.08. The van der Waals surface area contributed by atoms with Gasteiger partial charge < -0.3 is 4.90 Å².